The minimum absolute atomic E-state index is 0.0191. The molecule has 148 valence electrons. The number of hydrogen-bond acceptors (Lipinski definition) is 3. The summed E-state index contributed by atoms with van der Waals surface area (Å²) in [4.78, 5) is 19.2. The molecule has 0 unspecified atom stereocenters. The first-order valence-corrected chi connectivity index (χ1v) is 10.2. The van der Waals surface area contributed by atoms with E-state index in [-0.39, 0.29) is 11.7 Å². The highest BCUT2D eigenvalue weighted by atomic mass is 19.1. The van der Waals surface area contributed by atoms with Gasteiger partial charge in [-0.3, -0.25) is 4.79 Å². The summed E-state index contributed by atoms with van der Waals surface area (Å²) in [6.07, 6.45) is 2.54. The molecule has 4 nitrogen and oxygen atoms in total. The van der Waals surface area contributed by atoms with E-state index < -0.39 is 0 Å². The average Bonchev–Trinajstić information content (AvgIpc) is 2.75. The van der Waals surface area contributed by atoms with Crippen LogP contribution >= 0.6 is 0 Å². The number of carbonyl (C=O) groups is 1. The van der Waals surface area contributed by atoms with Gasteiger partial charge in [-0.15, -0.1) is 0 Å². The second kappa shape index (κ2) is 8.21. The maximum Gasteiger partial charge on any atom is 0.253 e. The molecule has 2 fully saturated rings. The molecule has 2 aromatic carbocycles. The quantitative estimate of drug-likeness (QED) is 0.803. The zero-order valence-corrected chi connectivity index (χ0v) is 16.5. The van der Waals surface area contributed by atoms with Crippen molar-refractivity contribution in [2.75, 3.05) is 49.1 Å². The molecule has 2 saturated heterocycles. The summed E-state index contributed by atoms with van der Waals surface area (Å²) >= 11 is 0. The lowest BCUT2D eigenvalue weighted by atomic mass is 9.99. The Hall–Kier alpha value is -2.56. The molecule has 4 rings (SSSR count). The van der Waals surface area contributed by atoms with E-state index in [1.165, 1.54) is 36.3 Å². The van der Waals surface area contributed by atoms with Crippen molar-refractivity contribution in [1.82, 2.24) is 4.90 Å². The number of piperazine rings is 1. The Morgan fingerprint density at radius 2 is 1.29 bits per heavy atom. The highest BCUT2D eigenvalue weighted by Gasteiger charge is 2.23. The Kier molecular flexibility index (Phi) is 5.51. The summed E-state index contributed by atoms with van der Waals surface area (Å²) < 4.78 is 13.1. The number of carbonyl (C=O) groups excluding carboxylic acids is 1. The van der Waals surface area contributed by atoms with E-state index in [4.69, 9.17) is 0 Å². The number of piperidine rings is 1. The number of benzene rings is 2. The number of rotatable bonds is 3. The largest absolute Gasteiger partial charge is 0.372 e. The fourth-order valence-corrected chi connectivity index (χ4v) is 4.08. The van der Waals surface area contributed by atoms with Gasteiger partial charge >= 0.3 is 0 Å². The highest BCUT2D eigenvalue weighted by Crippen LogP contribution is 2.26. The van der Waals surface area contributed by atoms with Crippen LogP contribution in [0.15, 0.2) is 48.5 Å². The second-order valence-corrected chi connectivity index (χ2v) is 7.97. The molecule has 0 spiro atoms. The molecule has 28 heavy (non-hydrogen) atoms. The zero-order chi connectivity index (χ0) is 19.5. The van der Waals surface area contributed by atoms with Crippen LogP contribution in [-0.2, 0) is 0 Å². The number of anilines is 2. The van der Waals surface area contributed by atoms with Crippen molar-refractivity contribution in [3.63, 3.8) is 0 Å². The van der Waals surface area contributed by atoms with Gasteiger partial charge in [-0.1, -0.05) is 6.92 Å². The van der Waals surface area contributed by atoms with E-state index in [1.54, 1.807) is 12.1 Å². The molecular weight excluding hydrogens is 353 g/mol. The predicted octanol–water partition coefficient (Wildman–Crippen LogP) is 4.02. The molecule has 0 aliphatic carbocycles. The fraction of sp³-hybridized carbons (Fsp3) is 0.435. The van der Waals surface area contributed by atoms with Gasteiger partial charge in [-0.2, -0.15) is 0 Å². The lowest BCUT2D eigenvalue weighted by Crippen LogP contribution is -2.48. The normalized spacial score (nSPS) is 18.4. The molecule has 2 aliphatic heterocycles. The number of hydrogen-bond donors (Lipinski definition) is 0. The first kappa shape index (κ1) is 18.8. The first-order chi connectivity index (χ1) is 13.6. The van der Waals surface area contributed by atoms with Gasteiger partial charge in [0.05, 0.1) is 0 Å². The summed E-state index contributed by atoms with van der Waals surface area (Å²) in [6, 6.07) is 14.6. The van der Waals surface area contributed by atoms with Gasteiger partial charge in [0.2, 0.25) is 0 Å². The van der Waals surface area contributed by atoms with Crippen molar-refractivity contribution >= 4 is 17.3 Å². The van der Waals surface area contributed by atoms with Gasteiger partial charge < -0.3 is 14.7 Å². The molecule has 0 N–H and O–H groups in total. The molecule has 2 aromatic rings. The average molecular weight is 381 g/mol. The van der Waals surface area contributed by atoms with E-state index in [0.717, 1.165) is 32.1 Å². The predicted molar refractivity (Wildman–Crippen MR) is 112 cm³/mol. The topological polar surface area (TPSA) is 26.8 Å². The van der Waals surface area contributed by atoms with Crippen molar-refractivity contribution in [2.45, 2.75) is 19.8 Å². The Morgan fingerprint density at radius 3 is 1.82 bits per heavy atom. The molecule has 0 radical (unpaired) electrons. The number of amides is 1. The van der Waals surface area contributed by atoms with Crippen LogP contribution in [0.2, 0.25) is 0 Å². The van der Waals surface area contributed by atoms with Gasteiger partial charge in [0.1, 0.15) is 5.82 Å². The third-order valence-electron chi connectivity index (χ3n) is 6.02. The zero-order valence-electron chi connectivity index (χ0n) is 16.5. The van der Waals surface area contributed by atoms with E-state index in [9.17, 15) is 9.18 Å². The van der Waals surface area contributed by atoms with Crippen molar-refractivity contribution < 1.29 is 9.18 Å². The Balaban J connectivity index is 1.33. The van der Waals surface area contributed by atoms with Crippen LogP contribution in [-0.4, -0.2) is 50.1 Å². The lowest BCUT2D eigenvalue weighted by Gasteiger charge is -2.36. The third-order valence-corrected chi connectivity index (χ3v) is 6.02. The first-order valence-electron chi connectivity index (χ1n) is 10.2. The standard InChI is InChI=1S/C23H28FN3O/c1-18-10-12-25(13-11-18)21-6-8-22(9-7-21)26-14-16-27(17-15-26)23(28)19-2-4-20(24)5-3-19/h2-9,18H,10-17H2,1H3. The van der Waals surface area contributed by atoms with Gasteiger partial charge in [-0.05, 0) is 67.3 Å². The fourth-order valence-electron chi connectivity index (χ4n) is 4.08. The second-order valence-electron chi connectivity index (χ2n) is 7.97. The van der Waals surface area contributed by atoms with E-state index >= 15 is 0 Å². The maximum absolute atomic E-state index is 13.1. The summed E-state index contributed by atoms with van der Waals surface area (Å²) in [5, 5.41) is 0. The highest BCUT2D eigenvalue weighted by molar-refractivity contribution is 5.94. The molecule has 5 heteroatoms. The van der Waals surface area contributed by atoms with Crippen LogP contribution in [0.3, 0.4) is 0 Å². The SMILES string of the molecule is CC1CCN(c2ccc(N3CCN(C(=O)c4ccc(F)cc4)CC3)cc2)CC1. The Morgan fingerprint density at radius 1 is 0.786 bits per heavy atom. The molecule has 0 atom stereocenters. The molecule has 2 heterocycles. The van der Waals surface area contributed by atoms with Crippen molar-refractivity contribution in [3.05, 3.63) is 59.9 Å². The van der Waals surface area contributed by atoms with Crippen molar-refractivity contribution in [3.8, 4) is 0 Å². The monoisotopic (exact) mass is 381 g/mol. The molecule has 1 amide bonds. The lowest BCUT2D eigenvalue weighted by molar-refractivity contribution is 0.0746. The van der Waals surface area contributed by atoms with Gasteiger partial charge in [-0.25, -0.2) is 4.39 Å². The van der Waals surface area contributed by atoms with Crippen LogP contribution in [0, 0.1) is 11.7 Å². The Labute approximate surface area is 166 Å². The molecule has 0 aromatic heterocycles. The minimum atomic E-state index is -0.316. The van der Waals surface area contributed by atoms with Crippen LogP contribution in [0.5, 0.6) is 0 Å². The van der Waals surface area contributed by atoms with Crippen LogP contribution in [0.25, 0.3) is 0 Å². The maximum atomic E-state index is 13.1. The van der Waals surface area contributed by atoms with E-state index in [0.29, 0.717) is 18.7 Å². The number of nitrogens with zero attached hydrogens (tertiary/aromatic N) is 3. The van der Waals surface area contributed by atoms with Crippen molar-refractivity contribution in [1.29, 1.82) is 0 Å². The van der Waals surface area contributed by atoms with Crippen LogP contribution in [0.4, 0.5) is 15.8 Å². The smallest absolute Gasteiger partial charge is 0.253 e. The summed E-state index contributed by atoms with van der Waals surface area (Å²) in [6.45, 7) is 7.61. The summed E-state index contributed by atoms with van der Waals surface area (Å²) in [5.41, 5.74) is 3.07. The van der Waals surface area contributed by atoms with Gasteiger partial charge in [0, 0.05) is 56.2 Å². The molecule has 0 saturated carbocycles. The summed E-state index contributed by atoms with van der Waals surface area (Å²) in [7, 11) is 0. The van der Waals surface area contributed by atoms with Gasteiger partial charge in [0.25, 0.3) is 5.91 Å². The van der Waals surface area contributed by atoms with E-state index in [2.05, 4.69) is 41.0 Å². The molecular formula is C23H28FN3O. The third kappa shape index (κ3) is 4.13. The number of halogens is 1. The van der Waals surface area contributed by atoms with E-state index in [1.807, 2.05) is 4.90 Å². The van der Waals surface area contributed by atoms with Crippen molar-refractivity contribution in [2.24, 2.45) is 5.92 Å². The van der Waals surface area contributed by atoms with Gasteiger partial charge in [0.15, 0.2) is 0 Å². The molecule has 0 bridgehead atoms. The minimum Gasteiger partial charge on any atom is -0.372 e. The molecule has 2 aliphatic rings. The van der Waals surface area contributed by atoms with Crippen LogP contribution in [0.1, 0.15) is 30.1 Å². The Bertz CT molecular complexity index is 790. The van der Waals surface area contributed by atoms with Crippen LogP contribution < -0.4 is 9.80 Å². The summed E-state index contributed by atoms with van der Waals surface area (Å²) in [5.74, 6) is 0.502.